The van der Waals surface area contributed by atoms with Gasteiger partial charge < -0.3 is 4.90 Å². The summed E-state index contributed by atoms with van der Waals surface area (Å²) >= 11 is 0. The van der Waals surface area contributed by atoms with Crippen LogP contribution in [0.4, 0.5) is 0 Å². The zero-order valence-electron chi connectivity index (χ0n) is 12.6. The number of nitrogens with zero attached hydrogens (tertiary/aromatic N) is 2. The highest BCUT2D eigenvalue weighted by molar-refractivity contribution is 5.76. The lowest BCUT2D eigenvalue weighted by molar-refractivity contribution is -0.134. The van der Waals surface area contributed by atoms with Gasteiger partial charge in [0.05, 0.1) is 0 Å². The maximum atomic E-state index is 12.0. The van der Waals surface area contributed by atoms with Gasteiger partial charge in [-0.1, -0.05) is 34.1 Å². The lowest BCUT2D eigenvalue weighted by Gasteiger charge is -2.39. The maximum absolute atomic E-state index is 12.0. The zero-order chi connectivity index (χ0) is 13.5. The van der Waals surface area contributed by atoms with Gasteiger partial charge in [-0.25, -0.2) is 0 Å². The fourth-order valence-corrected chi connectivity index (χ4v) is 2.79. The molecule has 1 unspecified atom stereocenters. The molecule has 0 aromatic rings. The van der Waals surface area contributed by atoms with Crippen LogP contribution in [0.25, 0.3) is 0 Å². The molecular formula is C15H30N2O. The van der Waals surface area contributed by atoms with Crippen molar-refractivity contribution >= 4 is 5.91 Å². The Bertz CT molecular complexity index is 245. The molecule has 1 atom stereocenters. The number of carbonyl (C=O) groups is 1. The molecule has 0 aliphatic carbocycles. The summed E-state index contributed by atoms with van der Waals surface area (Å²) in [4.78, 5) is 16.6. The zero-order valence-corrected chi connectivity index (χ0v) is 12.6. The molecule has 0 spiro atoms. The van der Waals surface area contributed by atoms with Crippen molar-refractivity contribution in [1.29, 1.82) is 0 Å². The van der Waals surface area contributed by atoms with Gasteiger partial charge in [0.2, 0.25) is 5.91 Å². The maximum Gasteiger partial charge on any atom is 0.222 e. The van der Waals surface area contributed by atoms with E-state index < -0.39 is 0 Å². The average molecular weight is 254 g/mol. The van der Waals surface area contributed by atoms with Gasteiger partial charge in [-0.15, -0.1) is 0 Å². The average Bonchev–Trinajstić information content (AvgIpc) is 2.35. The SMILES string of the molecule is CCCC(CC)N1CCN(C(=O)CC(C)C)CC1. The number of rotatable bonds is 6. The van der Waals surface area contributed by atoms with Crippen molar-refractivity contribution in [1.82, 2.24) is 9.80 Å². The molecule has 0 N–H and O–H groups in total. The van der Waals surface area contributed by atoms with Crippen LogP contribution in [-0.2, 0) is 4.79 Å². The molecule has 1 rings (SSSR count). The molecule has 1 amide bonds. The molecule has 1 heterocycles. The van der Waals surface area contributed by atoms with Gasteiger partial charge in [0.1, 0.15) is 0 Å². The number of amides is 1. The molecule has 18 heavy (non-hydrogen) atoms. The van der Waals surface area contributed by atoms with E-state index in [0.29, 0.717) is 18.2 Å². The van der Waals surface area contributed by atoms with Crippen molar-refractivity contribution in [2.24, 2.45) is 5.92 Å². The van der Waals surface area contributed by atoms with E-state index in [1.807, 2.05) is 0 Å². The Kier molecular flexibility index (Phi) is 6.69. The van der Waals surface area contributed by atoms with E-state index in [0.717, 1.165) is 32.2 Å². The highest BCUT2D eigenvalue weighted by Crippen LogP contribution is 2.15. The summed E-state index contributed by atoms with van der Waals surface area (Å²) in [6, 6.07) is 0.720. The van der Waals surface area contributed by atoms with Gasteiger partial charge in [-0.3, -0.25) is 9.69 Å². The molecule has 3 nitrogen and oxygen atoms in total. The van der Waals surface area contributed by atoms with Gasteiger partial charge in [0, 0.05) is 38.6 Å². The molecular weight excluding hydrogens is 224 g/mol. The van der Waals surface area contributed by atoms with Crippen molar-refractivity contribution in [3.05, 3.63) is 0 Å². The number of piperazine rings is 1. The van der Waals surface area contributed by atoms with E-state index in [2.05, 4.69) is 37.5 Å². The first-order chi connectivity index (χ1) is 8.58. The van der Waals surface area contributed by atoms with E-state index >= 15 is 0 Å². The van der Waals surface area contributed by atoms with E-state index in [9.17, 15) is 4.79 Å². The minimum absolute atomic E-state index is 0.341. The van der Waals surface area contributed by atoms with Gasteiger partial charge in [0.15, 0.2) is 0 Å². The smallest absolute Gasteiger partial charge is 0.222 e. The molecule has 1 aliphatic heterocycles. The molecule has 3 heteroatoms. The summed E-state index contributed by atoms with van der Waals surface area (Å²) in [6.07, 6.45) is 4.47. The summed E-state index contributed by atoms with van der Waals surface area (Å²) in [7, 11) is 0. The monoisotopic (exact) mass is 254 g/mol. The quantitative estimate of drug-likeness (QED) is 0.727. The molecule has 0 saturated carbocycles. The van der Waals surface area contributed by atoms with Crippen molar-refractivity contribution in [3.8, 4) is 0 Å². The predicted octanol–water partition coefficient (Wildman–Crippen LogP) is 2.76. The lowest BCUT2D eigenvalue weighted by Crippen LogP contribution is -2.52. The van der Waals surface area contributed by atoms with Crippen molar-refractivity contribution in [2.75, 3.05) is 26.2 Å². The second-order valence-corrected chi connectivity index (χ2v) is 5.87. The van der Waals surface area contributed by atoms with Crippen LogP contribution in [0.1, 0.15) is 53.4 Å². The third-order valence-electron chi connectivity index (χ3n) is 3.86. The first-order valence-electron chi connectivity index (χ1n) is 7.60. The van der Waals surface area contributed by atoms with Crippen molar-refractivity contribution in [3.63, 3.8) is 0 Å². The standard InChI is InChI=1S/C15H30N2O/c1-5-7-14(6-2)16-8-10-17(11-9-16)15(18)12-13(3)4/h13-14H,5-12H2,1-4H3. The Hall–Kier alpha value is -0.570. The Morgan fingerprint density at radius 1 is 1.11 bits per heavy atom. The minimum Gasteiger partial charge on any atom is -0.340 e. The van der Waals surface area contributed by atoms with E-state index in [-0.39, 0.29) is 0 Å². The fraction of sp³-hybridized carbons (Fsp3) is 0.933. The third kappa shape index (κ3) is 4.60. The van der Waals surface area contributed by atoms with Crippen LogP contribution in [0.5, 0.6) is 0 Å². The van der Waals surface area contributed by atoms with Gasteiger partial charge in [-0.05, 0) is 18.8 Å². The molecule has 1 aliphatic rings. The number of carbonyl (C=O) groups excluding carboxylic acids is 1. The molecule has 1 saturated heterocycles. The van der Waals surface area contributed by atoms with Crippen molar-refractivity contribution < 1.29 is 4.79 Å². The lowest BCUT2D eigenvalue weighted by atomic mass is 10.1. The highest BCUT2D eigenvalue weighted by Gasteiger charge is 2.24. The van der Waals surface area contributed by atoms with Crippen LogP contribution in [0.15, 0.2) is 0 Å². The Morgan fingerprint density at radius 3 is 2.17 bits per heavy atom. The Labute approximate surface area is 113 Å². The number of hydrogen-bond acceptors (Lipinski definition) is 2. The summed E-state index contributed by atoms with van der Waals surface area (Å²) < 4.78 is 0. The molecule has 106 valence electrons. The van der Waals surface area contributed by atoms with E-state index in [1.54, 1.807) is 0 Å². The summed E-state index contributed by atoms with van der Waals surface area (Å²) in [5, 5.41) is 0. The first-order valence-corrected chi connectivity index (χ1v) is 7.60. The summed E-state index contributed by atoms with van der Waals surface area (Å²) in [5.41, 5.74) is 0. The van der Waals surface area contributed by atoms with Crippen LogP contribution < -0.4 is 0 Å². The van der Waals surface area contributed by atoms with Crippen LogP contribution in [0, 0.1) is 5.92 Å². The van der Waals surface area contributed by atoms with Crippen LogP contribution >= 0.6 is 0 Å². The Balaban J connectivity index is 2.38. The largest absolute Gasteiger partial charge is 0.340 e. The van der Waals surface area contributed by atoms with Gasteiger partial charge in [0.25, 0.3) is 0 Å². The number of hydrogen-bond donors (Lipinski definition) is 0. The van der Waals surface area contributed by atoms with Gasteiger partial charge in [-0.2, -0.15) is 0 Å². The Morgan fingerprint density at radius 2 is 1.72 bits per heavy atom. The van der Waals surface area contributed by atoms with E-state index in [4.69, 9.17) is 0 Å². The second kappa shape index (κ2) is 7.78. The molecule has 0 aromatic carbocycles. The van der Waals surface area contributed by atoms with Crippen LogP contribution in [0.3, 0.4) is 0 Å². The summed E-state index contributed by atoms with van der Waals surface area (Å²) in [6.45, 7) is 12.7. The summed E-state index contributed by atoms with van der Waals surface area (Å²) in [5.74, 6) is 0.812. The van der Waals surface area contributed by atoms with Crippen LogP contribution in [0.2, 0.25) is 0 Å². The third-order valence-corrected chi connectivity index (χ3v) is 3.86. The van der Waals surface area contributed by atoms with Crippen LogP contribution in [-0.4, -0.2) is 47.9 Å². The van der Waals surface area contributed by atoms with Crippen molar-refractivity contribution in [2.45, 2.75) is 59.4 Å². The highest BCUT2D eigenvalue weighted by atomic mass is 16.2. The topological polar surface area (TPSA) is 23.6 Å². The fourth-order valence-electron chi connectivity index (χ4n) is 2.79. The van der Waals surface area contributed by atoms with Gasteiger partial charge >= 0.3 is 0 Å². The first kappa shape index (κ1) is 15.5. The molecule has 0 radical (unpaired) electrons. The van der Waals surface area contributed by atoms with E-state index in [1.165, 1.54) is 19.3 Å². The normalized spacial score (nSPS) is 19.3. The molecule has 1 fully saturated rings. The minimum atomic E-state index is 0.341. The predicted molar refractivity (Wildman–Crippen MR) is 76.6 cm³/mol. The molecule has 0 aromatic heterocycles. The second-order valence-electron chi connectivity index (χ2n) is 5.87. The molecule has 0 bridgehead atoms.